The van der Waals surface area contributed by atoms with Crippen LogP contribution in [-0.4, -0.2) is 86.5 Å². The van der Waals surface area contributed by atoms with Crippen molar-refractivity contribution < 1.29 is 34.3 Å². The molecule has 0 saturated carbocycles. The van der Waals surface area contributed by atoms with Gasteiger partial charge in [0.2, 0.25) is 0 Å². The van der Waals surface area contributed by atoms with Gasteiger partial charge in [-0.3, -0.25) is 0 Å². The molecule has 0 aromatic carbocycles. The second-order valence-electron chi connectivity index (χ2n) is 4.08. The lowest BCUT2D eigenvalue weighted by Gasteiger charge is -2.02. The van der Waals surface area contributed by atoms with Gasteiger partial charge in [-0.2, -0.15) is 0 Å². The molecular formula is C11H22O7. The van der Waals surface area contributed by atoms with Crippen molar-refractivity contribution in [3.8, 4) is 0 Å². The van der Waals surface area contributed by atoms with Crippen molar-refractivity contribution in [2.45, 2.75) is 18.3 Å². The van der Waals surface area contributed by atoms with E-state index in [4.69, 9.17) is 34.3 Å². The van der Waals surface area contributed by atoms with Crippen molar-refractivity contribution in [3.05, 3.63) is 0 Å². The van der Waals surface area contributed by atoms with Crippen LogP contribution in [0.15, 0.2) is 0 Å². The lowest BCUT2D eigenvalue weighted by atomic mass is 10.4. The van der Waals surface area contributed by atoms with E-state index >= 15 is 0 Å². The van der Waals surface area contributed by atoms with Gasteiger partial charge in [-0.1, -0.05) is 0 Å². The number of aliphatic hydroxyl groups is 3. The van der Waals surface area contributed by atoms with E-state index in [-0.39, 0.29) is 13.2 Å². The molecule has 108 valence electrons. The first kappa shape index (κ1) is 15.8. The zero-order chi connectivity index (χ0) is 13.2. The van der Waals surface area contributed by atoms with E-state index in [0.717, 1.165) is 13.2 Å². The Morgan fingerprint density at radius 2 is 1.33 bits per heavy atom. The minimum absolute atomic E-state index is 0.358. The van der Waals surface area contributed by atoms with Crippen LogP contribution in [0.4, 0.5) is 0 Å². The lowest BCUT2D eigenvalue weighted by Crippen LogP contribution is -2.15. The molecule has 0 bridgehead atoms. The summed E-state index contributed by atoms with van der Waals surface area (Å²) in [7, 11) is 0. The van der Waals surface area contributed by atoms with E-state index in [1.165, 1.54) is 0 Å². The predicted molar refractivity (Wildman–Crippen MR) is 61.3 cm³/mol. The van der Waals surface area contributed by atoms with Gasteiger partial charge >= 0.3 is 0 Å². The molecule has 7 heteroatoms. The van der Waals surface area contributed by atoms with Crippen LogP contribution in [-0.2, 0) is 18.9 Å². The molecule has 0 aliphatic carbocycles. The Hall–Kier alpha value is -0.280. The number of epoxide rings is 2. The van der Waals surface area contributed by atoms with E-state index < -0.39 is 6.10 Å². The van der Waals surface area contributed by atoms with Crippen LogP contribution in [0, 0.1) is 0 Å². The van der Waals surface area contributed by atoms with Crippen LogP contribution in [0.5, 0.6) is 0 Å². The first-order valence-corrected chi connectivity index (χ1v) is 6.04. The van der Waals surface area contributed by atoms with Crippen LogP contribution < -0.4 is 0 Å². The molecular weight excluding hydrogens is 244 g/mol. The average molecular weight is 266 g/mol. The fourth-order valence-electron chi connectivity index (χ4n) is 0.934. The predicted octanol–water partition coefficient (Wildman–Crippen LogP) is -1.85. The molecule has 2 aliphatic heterocycles. The topological polar surface area (TPSA) is 104 Å². The monoisotopic (exact) mass is 266 g/mol. The zero-order valence-electron chi connectivity index (χ0n) is 10.4. The Labute approximate surface area is 106 Å². The highest BCUT2D eigenvalue weighted by Crippen LogP contribution is 2.09. The molecule has 2 atom stereocenters. The van der Waals surface area contributed by atoms with Crippen LogP contribution >= 0.6 is 0 Å². The van der Waals surface area contributed by atoms with Crippen LogP contribution in [0.25, 0.3) is 0 Å². The fourth-order valence-corrected chi connectivity index (χ4v) is 0.934. The third kappa shape index (κ3) is 9.72. The quantitative estimate of drug-likeness (QED) is 0.332. The number of ether oxygens (including phenoxy) is 4. The standard InChI is InChI=1S/C8H14O4.C3H8O3/c1(9-3-7-5-11-7)2-10-4-8-6-12-8;4-1-3(6)2-5/h7-8H,1-6H2;3-6H,1-2H2. The third-order valence-electron chi connectivity index (χ3n) is 2.21. The molecule has 2 saturated heterocycles. The maximum atomic E-state index is 8.17. The smallest absolute Gasteiger partial charge is 0.104 e. The summed E-state index contributed by atoms with van der Waals surface area (Å²) in [5, 5.41) is 24.0. The molecule has 0 aromatic heterocycles. The number of aliphatic hydroxyl groups excluding tert-OH is 3. The molecule has 2 rings (SSSR count). The Morgan fingerprint density at radius 3 is 1.56 bits per heavy atom. The van der Waals surface area contributed by atoms with Crippen molar-refractivity contribution in [1.29, 1.82) is 0 Å². The lowest BCUT2D eigenvalue weighted by molar-refractivity contribution is 0.0366. The van der Waals surface area contributed by atoms with Gasteiger partial charge in [0.15, 0.2) is 0 Å². The highest BCUT2D eigenvalue weighted by molar-refractivity contribution is 4.68. The second kappa shape index (κ2) is 9.62. The summed E-state index contributed by atoms with van der Waals surface area (Å²) in [6, 6.07) is 0. The van der Waals surface area contributed by atoms with Gasteiger partial charge in [0.1, 0.15) is 18.3 Å². The fraction of sp³-hybridized carbons (Fsp3) is 1.00. The van der Waals surface area contributed by atoms with Gasteiger partial charge in [-0.05, 0) is 0 Å². The normalized spacial score (nSPS) is 24.7. The largest absolute Gasteiger partial charge is 0.394 e. The van der Waals surface area contributed by atoms with E-state index in [9.17, 15) is 0 Å². The second-order valence-corrected chi connectivity index (χ2v) is 4.08. The summed E-state index contributed by atoms with van der Waals surface area (Å²) >= 11 is 0. The summed E-state index contributed by atoms with van der Waals surface area (Å²) in [4.78, 5) is 0. The van der Waals surface area contributed by atoms with Crippen LogP contribution in [0.1, 0.15) is 0 Å². The minimum Gasteiger partial charge on any atom is -0.394 e. The van der Waals surface area contributed by atoms with Gasteiger partial charge in [0, 0.05) is 0 Å². The summed E-state index contributed by atoms with van der Waals surface area (Å²) in [5.74, 6) is 0. The first-order chi connectivity index (χ1) is 8.76. The molecule has 2 aliphatic rings. The van der Waals surface area contributed by atoms with Gasteiger partial charge in [0.05, 0.1) is 52.9 Å². The Morgan fingerprint density at radius 1 is 0.944 bits per heavy atom. The summed E-state index contributed by atoms with van der Waals surface area (Å²) in [6.45, 7) is 3.73. The highest BCUT2D eigenvalue weighted by atomic mass is 16.6. The Balaban J connectivity index is 0.000000232. The summed E-state index contributed by atoms with van der Waals surface area (Å²) in [5.41, 5.74) is 0. The summed E-state index contributed by atoms with van der Waals surface area (Å²) < 4.78 is 20.5. The number of rotatable bonds is 9. The molecule has 3 N–H and O–H groups in total. The summed E-state index contributed by atoms with van der Waals surface area (Å²) in [6.07, 6.45) is -0.237. The van der Waals surface area contributed by atoms with Crippen molar-refractivity contribution >= 4 is 0 Å². The molecule has 2 heterocycles. The number of hydrogen-bond acceptors (Lipinski definition) is 7. The van der Waals surface area contributed by atoms with Crippen LogP contribution in [0.3, 0.4) is 0 Å². The molecule has 0 amide bonds. The number of hydrogen-bond donors (Lipinski definition) is 3. The van der Waals surface area contributed by atoms with Gasteiger partial charge in [-0.15, -0.1) is 0 Å². The van der Waals surface area contributed by atoms with E-state index in [1.807, 2.05) is 0 Å². The molecule has 7 nitrogen and oxygen atoms in total. The van der Waals surface area contributed by atoms with E-state index in [1.54, 1.807) is 0 Å². The Kier molecular flexibility index (Phi) is 8.44. The van der Waals surface area contributed by atoms with Gasteiger partial charge < -0.3 is 34.3 Å². The molecule has 2 fully saturated rings. The molecule has 0 radical (unpaired) electrons. The SMILES string of the molecule is C(COCC1CO1)OCC1CO1.OCC(O)CO. The Bertz CT molecular complexity index is 174. The van der Waals surface area contributed by atoms with Crippen LogP contribution in [0.2, 0.25) is 0 Å². The van der Waals surface area contributed by atoms with Crippen molar-refractivity contribution in [1.82, 2.24) is 0 Å². The third-order valence-corrected chi connectivity index (χ3v) is 2.21. The zero-order valence-corrected chi connectivity index (χ0v) is 10.4. The average Bonchev–Trinajstić information content (AvgIpc) is 3.27. The molecule has 0 spiro atoms. The van der Waals surface area contributed by atoms with E-state index in [0.29, 0.717) is 38.6 Å². The minimum atomic E-state index is -0.954. The maximum Gasteiger partial charge on any atom is 0.104 e. The highest BCUT2D eigenvalue weighted by Gasteiger charge is 2.23. The van der Waals surface area contributed by atoms with E-state index in [2.05, 4.69) is 0 Å². The van der Waals surface area contributed by atoms with Gasteiger partial charge in [0.25, 0.3) is 0 Å². The molecule has 0 aromatic rings. The first-order valence-electron chi connectivity index (χ1n) is 6.04. The molecule has 2 unspecified atom stereocenters. The van der Waals surface area contributed by atoms with Crippen molar-refractivity contribution in [2.24, 2.45) is 0 Å². The van der Waals surface area contributed by atoms with Crippen molar-refractivity contribution in [3.63, 3.8) is 0 Å². The molecule has 18 heavy (non-hydrogen) atoms. The maximum absolute atomic E-state index is 8.17. The van der Waals surface area contributed by atoms with Crippen molar-refractivity contribution in [2.75, 3.05) is 52.9 Å². The van der Waals surface area contributed by atoms with Gasteiger partial charge in [-0.25, -0.2) is 0 Å².